The predicted molar refractivity (Wildman–Crippen MR) is 76.9 cm³/mol. The van der Waals surface area contributed by atoms with Crippen LogP contribution in [0.5, 0.6) is 5.75 Å². The van der Waals surface area contributed by atoms with Gasteiger partial charge in [-0.3, -0.25) is 4.79 Å². The Hall–Kier alpha value is -1.69. The molecule has 118 valence electrons. The fourth-order valence-corrected chi connectivity index (χ4v) is 2.04. The highest BCUT2D eigenvalue weighted by Gasteiger charge is 2.32. The molecule has 0 spiro atoms. The van der Waals surface area contributed by atoms with E-state index in [4.69, 9.17) is 10.5 Å². The fraction of sp³-hybridized carbons (Fsp3) is 0.533. The second kappa shape index (κ2) is 7.93. The van der Waals surface area contributed by atoms with Crippen molar-refractivity contribution in [3.05, 3.63) is 29.8 Å². The van der Waals surface area contributed by atoms with Gasteiger partial charge >= 0.3 is 0 Å². The van der Waals surface area contributed by atoms with Gasteiger partial charge in [-0.15, -0.1) is 0 Å². The minimum Gasteiger partial charge on any atom is -0.492 e. The van der Waals surface area contributed by atoms with Gasteiger partial charge in [0.05, 0.1) is 12.0 Å². The molecule has 0 unspecified atom stereocenters. The number of hydrogen-bond acceptors (Lipinski definition) is 3. The Balaban J connectivity index is 2.43. The molecule has 0 aliphatic carbocycles. The summed E-state index contributed by atoms with van der Waals surface area (Å²) in [7, 11) is 0. The van der Waals surface area contributed by atoms with Crippen LogP contribution in [0.15, 0.2) is 18.2 Å². The second-order valence-electron chi connectivity index (χ2n) is 4.87. The third kappa shape index (κ3) is 4.39. The van der Waals surface area contributed by atoms with Crippen molar-refractivity contribution in [1.29, 1.82) is 0 Å². The largest absolute Gasteiger partial charge is 0.492 e. The van der Waals surface area contributed by atoms with Gasteiger partial charge in [-0.05, 0) is 25.0 Å². The molecule has 6 heteroatoms. The van der Waals surface area contributed by atoms with Gasteiger partial charge in [-0.25, -0.2) is 8.78 Å². The summed E-state index contributed by atoms with van der Waals surface area (Å²) in [6, 6.07) is 3.30. The molecule has 0 heterocycles. The molecular weight excluding hydrogens is 278 g/mol. The number of amides is 1. The third-order valence-corrected chi connectivity index (χ3v) is 3.77. The molecule has 3 N–H and O–H groups in total. The maximum atomic E-state index is 13.0. The summed E-state index contributed by atoms with van der Waals surface area (Å²) in [4.78, 5) is 12.1. The zero-order valence-electron chi connectivity index (χ0n) is 12.4. The van der Waals surface area contributed by atoms with Crippen LogP contribution in [0.1, 0.15) is 26.7 Å². The molecule has 0 aliphatic heterocycles. The number of benzene rings is 1. The van der Waals surface area contributed by atoms with Crippen molar-refractivity contribution < 1.29 is 18.3 Å². The lowest BCUT2D eigenvalue weighted by Gasteiger charge is -2.28. The van der Waals surface area contributed by atoms with Gasteiger partial charge < -0.3 is 15.8 Å². The fourth-order valence-electron chi connectivity index (χ4n) is 2.04. The molecule has 0 aromatic heterocycles. The Bertz CT molecular complexity index is 468. The average Bonchev–Trinajstić information content (AvgIpc) is 2.49. The molecule has 0 saturated carbocycles. The van der Waals surface area contributed by atoms with Gasteiger partial charge in [0, 0.05) is 12.6 Å². The highest BCUT2D eigenvalue weighted by molar-refractivity contribution is 5.82. The van der Waals surface area contributed by atoms with E-state index >= 15 is 0 Å². The summed E-state index contributed by atoms with van der Waals surface area (Å²) in [5.41, 5.74) is 5.13. The Morgan fingerprint density at radius 2 is 1.95 bits per heavy atom. The van der Waals surface area contributed by atoms with Gasteiger partial charge in [0.25, 0.3) is 0 Å². The van der Waals surface area contributed by atoms with Crippen LogP contribution in [0, 0.1) is 17.0 Å². The molecule has 4 nitrogen and oxygen atoms in total. The lowest BCUT2D eigenvalue weighted by molar-refractivity contribution is -0.131. The van der Waals surface area contributed by atoms with Crippen LogP contribution in [0.2, 0.25) is 0 Å². The van der Waals surface area contributed by atoms with Crippen molar-refractivity contribution in [3.8, 4) is 5.75 Å². The monoisotopic (exact) mass is 300 g/mol. The first-order chi connectivity index (χ1) is 9.99. The lowest BCUT2D eigenvalue weighted by Crippen LogP contribution is -2.46. The van der Waals surface area contributed by atoms with Crippen molar-refractivity contribution in [2.45, 2.75) is 26.7 Å². The molecule has 1 aromatic carbocycles. The summed E-state index contributed by atoms with van der Waals surface area (Å²) >= 11 is 0. The van der Waals surface area contributed by atoms with Gasteiger partial charge in [-0.2, -0.15) is 0 Å². The molecule has 1 amide bonds. The van der Waals surface area contributed by atoms with Crippen molar-refractivity contribution in [2.75, 3.05) is 19.7 Å². The van der Waals surface area contributed by atoms with Crippen LogP contribution in [0.3, 0.4) is 0 Å². The molecule has 0 radical (unpaired) electrons. The number of carbonyl (C=O) groups is 1. The summed E-state index contributed by atoms with van der Waals surface area (Å²) < 4.78 is 31.0. The molecule has 0 bridgehead atoms. The molecule has 1 rings (SSSR count). The number of ether oxygens (including phenoxy) is 1. The van der Waals surface area contributed by atoms with Crippen LogP contribution in [-0.4, -0.2) is 25.6 Å². The second-order valence-corrected chi connectivity index (χ2v) is 4.87. The van der Waals surface area contributed by atoms with E-state index in [1.807, 2.05) is 13.8 Å². The third-order valence-electron chi connectivity index (χ3n) is 3.77. The Morgan fingerprint density at radius 1 is 1.29 bits per heavy atom. The number of nitrogens with one attached hydrogen (secondary N) is 1. The Morgan fingerprint density at radius 3 is 2.48 bits per heavy atom. The molecule has 0 fully saturated rings. The number of nitrogens with two attached hydrogens (primary N) is 1. The van der Waals surface area contributed by atoms with Crippen LogP contribution in [0.25, 0.3) is 0 Å². The lowest BCUT2D eigenvalue weighted by atomic mass is 9.81. The highest BCUT2D eigenvalue weighted by atomic mass is 19.2. The zero-order valence-corrected chi connectivity index (χ0v) is 12.4. The Kier molecular flexibility index (Phi) is 6.55. The highest BCUT2D eigenvalue weighted by Crippen LogP contribution is 2.24. The van der Waals surface area contributed by atoms with E-state index in [-0.39, 0.29) is 31.4 Å². The molecule has 0 saturated heterocycles. The number of halogens is 2. The smallest absolute Gasteiger partial charge is 0.227 e. The molecule has 1 aromatic rings. The first-order valence-electron chi connectivity index (χ1n) is 7.05. The summed E-state index contributed by atoms with van der Waals surface area (Å²) in [6.45, 7) is 4.59. The molecular formula is C15H22F2N2O2. The standard InChI is InChI=1S/C15H22F2N2O2/c1-3-15(4-2,10-18)14(20)19-7-8-21-11-5-6-12(16)13(17)9-11/h5-6,9H,3-4,7-8,10,18H2,1-2H3,(H,19,20). The van der Waals surface area contributed by atoms with Crippen LogP contribution in [-0.2, 0) is 4.79 Å². The normalized spacial score (nSPS) is 11.3. The summed E-state index contributed by atoms with van der Waals surface area (Å²) in [5.74, 6) is -1.77. The first kappa shape index (κ1) is 17.4. The van der Waals surface area contributed by atoms with Crippen LogP contribution in [0.4, 0.5) is 8.78 Å². The predicted octanol–water partition coefficient (Wildman–Crippen LogP) is 2.22. The SMILES string of the molecule is CCC(CC)(CN)C(=O)NCCOc1ccc(F)c(F)c1. The van der Waals surface area contributed by atoms with E-state index in [9.17, 15) is 13.6 Å². The van der Waals surface area contributed by atoms with Gasteiger partial charge in [0.2, 0.25) is 5.91 Å². The van der Waals surface area contributed by atoms with Gasteiger partial charge in [0.15, 0.2) is 11.6 Å². The topological polar surface area (TPSA) is 64.4 Å². The van der Waals surface area contributed by atoms with E-state index in [1.165, 1.54) is 6.07 Å². The number of hydrogen-bond donors (Lipinski definition) is 2. The molecule has 0 aliphatic rings. The van der Waals surface area contributed by atoms with Crippen LogP contribution < -0.4 is 15.8 Å². The molecule has 21 heavy (non-hydrogen) atoms. The minimum absolute atomic E-state index is 0.108. The van der Waals surface area contributed by atoms with E-state index < -0.39 is 17.0 Å². The Labute approximate surface area is 123 Å². The van der Waals surface area contributed by atoms with Crippen molar-refractivity contribution >= 4 is 5.91 Å². The maximum absolute atomic E-state index is 13.0. The minimum atomic E-state index is -0.962. The number of carbonyl (C=O) groups excluding carboxylic acids is 1. The number of rotatable bonds is 8. The van der Waals surface area contributed by atoms with E-state index in [0.717, 1.165) is 12.1 Å². The van der Waals surface area contributed by atoms with Gasteiger partial charge in [0.1, 0.15) is 12.4 Å². The van der Waals surface area contributed by atoms with Crippen molar-refractivity contribution in [1.82, 2.24) is 5.32 Å². The maximum Gasteiger partial charge on any atom is 0.227 e. The quantitative estimate of drug-likeness (QED) is 0.724. The zero-order chi connectivity index (χ0) is 15.9. The summed E-state index contributed by atoms with van der Waals surface area (Å²) in [6.07, 6.45) is 1.33. The molecule has 0 atom stereocenters. The van der Waals surface area contributed by atoms with E-state index in [2.05, 4.69) is 5.32 Å². The van der Waals surface area contributed by atoms with E-state index in [1.54, 1.807) is 0 Å². The summed E-state index contributed by atoms with van der Waals surface area (Å²) in [5, 5.41) is 2.76. The van der Waals surface area contributed by atoms with Gasteiger partial charge in [-0.1, -0.05) is 13.8 Å². The average molecular weight is 300 g/mol. The van der Waals surface area contributed by atoms with Crippen molar-refractivity contribution in [2.24, 2.45) is 11.1 Å². The van der Waals surface area contributed by atoms with E-state index in [0.29, 0.717) is 12.8 Å². The first-order valence-corrected chi connectivity index (χ1v) is 7.05. The van der Waals surface area contributed by atoms with Crippen molar-refractivity contribution in [3.63, 3.8) is 0 Å². The van der Waals surface area contributed by atoms with Crippen LogP contribution >= 0.6 is 0 Å².